The number of urea groups is 1. The fourth-order valence-electron chi connectivity index (χ4n) is 2.90. The van der Waals surface area contributed by atoms with E-state index in [-0.39, 0.29) is 18.5 Å². The van der Waals surface area contributed by atoms with Crippen LogP contribution in [0.1, 0.15) is 37.5 Å². The molecule has 2 heterocycles. The quantitative estimate of drug-likeness (QED) is 0.817. The fourth-order valence-corrected chi connectivity index (χ4v) is 2.90. The van der Waals surface area contributed by atoms with Crippen molar-refractivity contribution in [2.75, 3.05) is 19.0 Å². The molecule has 26 heavy (non-hydrogen) atoms. The molecular weight excluding hydrogens is 338 g/mol. The molecule has 1 atom stereocenters. The summed E-state index contributed by atoms with van der Waals surface area (Å²) in [6.45, 7) is 2.63. The van der Waals surface area contributed by atoms with Crippen LogP contribution in [0.25, 0.3) is 0 Å². The van der Waals surface area contributed by atoms with E-state index in [1.54, 1.807) is 36.3 Å². The van der Waals surface area contributed by atoms with Gasteiger partial charge in [0.05, 0.1) is 13.7 Å². The van der Waals surface area contributed by atoms with Crippen molar-refractivity contribution in [1.29, 1.82) is 0 Å². The highest BCUT2D eigenvalue weighted by Gasteiger charge is 2.34. The highest BCUT2D eigenvalue weighted by molar-refractivity contribution is 5.89. The van der Waals surface area contributed by atoms with Crippen LogP contribution in [0, 0.1) is 0 Å². The number of hydrogen-bond donors (Lipinski definition) is 2. The topological polar surface area (TPSA) is 110 Å². The first kappa shape index (κ1) is 17.7. The van der Waals surface area contributed by atoms with Gasteiger partial charge in [0.15, 0.2) is 5.82 Å². The molecule has 3 rings (SSSR count). The Labute approximate surface area is 150 Å². The first-order valence-corrected chi connectivity index (χ1v) is 8.41. The molecule has 1 aliphatic heterocycles. The standard InChI is InChI=1S/C17H21N5O4/c1-3-22-13(7-8-15(22)23)16-20-14(21-26-16)10-18-17(24)19-11-5-4-6-12(9-11)25-2/h4-6,9,13H,3,7-8,10H2,1-2H3,(H2,18,19,24)/t13-/m0/s1. The normalized spacial score (nSPS) is 16.6. The molecule has 0 aliphatic carbocycles. The maximum atomic E-state index is 12.0. The summed E-state index contributed by atoms with van der Waals surface area (Å²) in [6.07, 6.45) is 1.15. The number of carbonyl (C=O) groups is 2. The number of methoxy groups -OCH3 is 1. The summed E-state index contributed by atoms with van der Waals surface area (Å²) < 4.78 is 10.4. The molecule has 0 spiro atoms. The minimum atomic E-state index is -0.393. The number of anilines is 1. The molecule has 9 nitrogen and oxygen atoms in total. The van der Waals surface area contributed by atoms with Crippen LogP contribution in [0.15, 0.2) is 28.8 Å². The second-order valence-corrected chi connectivity index (χ2v) is 5.82. The zero-order valence-corrected chi connectivity index (χ0v) is 14.7. The number of hydrogen-bond acceptors (Lipinski definition) is 6. The number of benzene rings is 1. The molecule has 0 unspecified atom stereocenters. The summed E-state index contributed by atoms with van der Waals surface area (Å²) in [5.41, 5.74) is 0.610. The summed E-state index contributed by atoms with van der Waals surface area (Å²) in [4.78, 5) is 29.8. The monoisotopic (exact) mass is 359 g/mol. The van der Waals surface area contributed by atoms with E-state index in [0.717, 1.165) is 0 Å². The van der Waals surface area contributed by atoms with Gasteiger partial charge in [0.25, 0.3) is 0 Å². The largest absolute Gasteiger partial charge is 0.497 e. The Morgan fingerprint density at radius 2 is 2.31 bits per heavy atom. The van der Waals surface area contributed by atoms with Crippen LogP contribution in [0.2, 0.25) is 0 Å². The lowest BCUT2D eigenvalue weighted by atomic mass is 10.2. The smallest absolute Gasteiger partial charge is 0.319 e. The first-order valence-electron chi connectivity index (χ1n) is 8.41. The molecule has 1 saturated heterocycles. The number of carbonyl (C=O) groups excluding carboxylic acids is 2. The SMILES string of the molecule is CCN1C(=O)CC[C@H]1c1nc(CNC(=O)Nc2cccc(OC)c2)no1. The molecule has 1 fully saturated rings. The molecule has 3 amide bonds. The average molecular weight is 359 g/mol. The Balaban J connectivity index is 1.54. The highest BCUT2D eigenvalue weighted by Crippen LogP contribution is 2.31. The van der Waals surface area contributed by atoms with Gasteiger partial charge in [-0.2, -0.15) is 4.98 Å². The van der Waals surface area contributed by atoms with Gasteiger partial charge in [-0.25, -0.2) is 4.79 Å². The second kappa shape index (κ2) is 7.85. The van der Waals surface area contributed by atoms with Crippen molar-refractivity contribution < 1.29 is 18.8 Å². The number of ether oxygens (including phenoxy) is 1. The lowest BCUT2D eigenvalue weighted by molar-refractivity contribution is -0.129. The lowest BCUT2D eigenvalue weighted by Crippen LogP contribution is -2.29. The maximum absolute atomic E-state index is 12.0. The lowest BCUT2D eigenvalue weighted by Gasteiger charge is -2.19. The Morgan fingerprint density at radius 1 is 1.46 bits per heavy atom. The van der Waals surface area contributed by atoms with Gasteiger partial charge in [-0.05, 0) is 25.5 Å². The number of rotatable bonds is 6. The molecule has 1 aliphatic rings. The van der Waals surface area contributed by atoms with E-state index in [4.69, 9.17) is 9.26 Å². The predicted molar refractivity (Wildman–Crippen MR) is 92.5 cm³/mol. The van der Waals surface area contributed by atoms with Crippen LogP contribution in [0.5, 0.6) is 5.75 Å². The highest BCUT2D eigenvalue weighted by atomic mass is 16.5. The molecule has 138 valence electrons. The van der Waals surface area contributed by atoms with Gasteiger partial charge in [-0.1, -0.05) is 11.2 Å². The van der Waals surface area contributed by atoms with Gasteiger partial charge in [-0.3, -0.25) is 4.79 Å². The Kier molecular flexibility index (Phi) is 5.35. The number of amides is 3. The van der Waals surface area contributed by atoms with Crippen LogP contribution < -0.4 is 15.4 Å². The average Bonchev–Trinajstić information content (AvgIpc) is 3.26. The molecule has 0 radical (unpaired) electrons. The van der Waals surface area contributed by atoms with E-state index >= 15 is 0 Å². The first-order chi connectivity index (χ1) is 12.6. The van der Waals surface area contributed by atoms with Crippen molar-refractivity contribution in [3.8, 4) is 5.75 Å². The van der Waals surface area contributed by atoms with E-state index in [0.29, 0.717) is 42.5 Å². The molecule has 1 aromatic heterocycles. The van der Waals surface area contributed by atoms with Crippen LogP contribution in [-0.4, -0.2) is 40.6 Å². The minimum Gasteiger partial charge on any atom is -0.497 e. The van der Waals surface area contributed by atoms with Crippen LogP contribution >= 0.6 is 0 Å². The van der Waals surface area contributed by atoms with Gasteiger partial charge in [0.1, 0.15) is 11.8 Å². The van der Waals surface area contributed by atoms with Crippen molar-refractivity contribution in [2.45, 2.75) is 32.4 Å². The third-order valence-electron chi connectivity index (χ3n) is 4.17. The molecule has 2 N–H and O–H groups in total. The zero-order valence-electron chi connectivity index (χ0n) is 14.7. The number of nitrogens with one attached hydrogen (secondary N) is 2. The molecule has 0 saturated carbocycles. The van der Waals surface area contributed by atoms with E-state index in [1.165, 1.54) is 0 Å². The zero-order chi connectivity index (χ0) is 18.5. The number of likely N-dealkylation sites (tertiary alicyclic amines) is 1. The van der Waals surface area contributed by atoms with Crippen LogP contribution in [-0.2, 0) is 11.3 Å². The van der Waals surface area contributed by atoms with E-state index in [1.807, 2.05) is 6.92 Å². The summed E-state index contributed by atoms with van der Waals surface area (Å²) in [5.74, 6) is 1.50. The van der Waals surface area contributed by atoms with Crippen molar-refractivity contribution >= 4 is 17.6 Å². The molecule has 2 aromatic rings. The maximum Gasteiger partial charge on any atom is 0.319 e. The Morgan fingerprint density at radius 3 is 3.08 bits per heavy atom. The van der Waals surface area contributed by atoms with Crippen LogP contribution in [0.4, 0.5) is 10.5 Å². The summed E-state index contributed by atoms with van der Waals surface area (Å²) in [5, 5.41) is 9.24. The number of aromatic nitrogens is 2. The Hall–Kier alpha value is -3.10. The summed E-state index contributed by atoms with van der Waals surface area (Å²) in [6, 6.07) is 6.46. The van der Waals surface area contributed by atoms with Gasteiger partial charge < -0.3 is 24.8 Å². The molecule has 1 aromatic carbocycles. The van der Waals surface area contributed by atoms with Crippen molar-refractivity contribution in [3.05, 3.63) is 36.0 Å². The Bertz CT molecular complexity index is 791. The minimum absolute atomic E-state index is 0.0908. The van der Waals surface area contributed by atoms with Gasteiger partial charge in [0, 0.05) is 24.7 Å². The van der Waals surface area contributed by atoms with E-state index in [9.17, 15) is 9.59 Å². The predicted octanol–water partition coefficient (Wildman–Crippen LogP) is 2.08. The second-order valence-electron chi connectivity index (χ2n) is 5.82. The van der Waals surface area contributed by atoms with Crippen molar-refractivity contribution in [1.82, 2.24) is 20.4 Å². The van der Waals surface area contributed by atoms with Gasteiger partial charge in [0.2, 0.25) is 11.8 Å². The third-order valence-corrected chi connectivity index (χ3v) is 4.17. The summed E-state index contributed by atoms with van der Waals surface area (Å²) in [7, 11) is 1.56. The molecule has 9 heteroatoms. The van der Waals surface area contributed by atoms with Crippen molar-refractivity contribution in [3.63, 3.8) is 0 Å². The summed E-state index contributed by atoms with van der Waals surface area (Å²) >= 11 is 0. The molecule has 0 bridgehead atoms. The van der Waals surface area contributed by atoms with Gasteiger partial charge >= 0.3 is 6.03 Å². The van der Waals surface area contributed by atoms with Gasteiger partial charge in [-0.15, -0.1) is 0 Å². The van der Waals surface area contributed by atoms with Crippen molar-refractivity contribution in [2.24, 2.45) is 0 Å². The fraction of sp³-hybridized carbons (Fsp3) is 0.412. The molecular formula is C17H21N5O4. The van der Waals surface area contributed by atoms with E-state index in [2.05, 4.69) is 20.8 Å². The third kappa shape index (κ3) is 3.93. The van der Waals surface area contributed by atoms with E-state index < -0.39 is 6.03 Å². The number of nitrogens with zero attached hydrogens (tertiary/aromatic N) is 3. The van der Waals surface area contributed by atoms with Crippen LogP contribution in [0.3, 0.4) is 0 Å².